The molecule has 0 bridgehead atoms. The normalized spacial score (nSPS) is 17.2. The number of nitrogens with one attached hydrogen (secondary N) is 3. The van der Waals surface area contributed by atoms with Gasteiger partial charge in [-0.05, 0) is 83.7 Å². The fourth-order valence-electron chi connectivity index (χ4n) is 9.03. The zero-order chi connectivity index (χ0) is 44.2. The van der Waals surface area contributed by atoms with Gasteiger partial charge in [-0.15, -0.1) is 0 Å². The van der Waals surface area contributed by atoms with Crippen LogP contribution in [0.3, 0.4) is 0 Å². The number of ether oxygens (including phenoxy) is 2. The smallest absolute Gasteiger partial charge is 0.410 e. The molecule has 4 atom stereocenters. The zero-order valence-electron chi connectivity index (χ0n) is 36.3. The van der Waals surface area contributed by atoms with E-state index in [-0.39, 0.29) is 29.8 Å². The van der Waals surface area contributed by atoms with Gasteiger partial charge in [0.1, 0.15) is 23.7 Å². The number of hydrogen-bond donors (Lipinski definition) is 3. The fourth-order valence-corrected chi connectivity index (χ4v) is 9.03. The number of likely N-dealkylation sites (N-methyl/N-ethyl adjacent to an activating group) is 1. The highest BCUT2D eigenvalue weighted by molar-refractivity contribution is 5.91. The van der Waals surface area contributed by atoms with Gasteiger partial charge in [0.15, 0.2) is 0 Å². The summed E-state index contributed by atoms with van der Waals surface area (Å²) in [5.41, 5.74) is 6.59. The lowest BCUT2D eigenvalue weighted by Crippen LogP contribution is -2.51. The lowest BCUT2D eigenvalue weighted by atomic mass is 9.98. The quantitative estimate of drug-likeness (QED) is 0.110. The van der Waals surface area contributed by atoms with E-state index in [9.17, 15) is 19.2 Å². The van der Waals surface area contributed by atoms with Crippen LogP contribution in [0.2, 0.25) is 0 Å². The van der Waals surface area contributed by atoms with Crippen LogP contribution in [0, 0.1) is 5.92 Å². The molecule has 2 aliphatic heterocycles. The Balaban J connectivity index is 0.950. The van der Waals surface area contributed by atoms with E-state index in [2.05, 4.69) is 75.9 Å². The highest BCUT2D eigenvalue weighted by Gasteiger charge is 2.40. The van der Waals surface area contributed by atoms with Crippen molar-refractivity contribution in [2.75, 3.05) is 33.9 Å². The summed E-state index contributed by atoms with van der Waals surface area (Å²) in [6, 6.07) is 28.5. The Morgan fingerprint density at radius 3 is 1.83 bits per heavy atom. The van der Waals surface area contributed by atoms with Crippen LogP contribution in [-0.2, 0) is 19.1 Å². The van der Waals surface area contributed by atoms with Crippen LogP contribution in [-0.4, -0.2) is 98.5 Å². The number of nitrogens with zero attached hydrogens (tertiary/aromatic N) is 5. The van der Waals surface area contributed by atoms with E-state index < -0.39 is 24.3 Å². The summed E-state index contributed by atoms with van der Waals surface area (Å²) in [6.07, 6.45) is 5.68. The maximum absolute atomic E-state index is 14.3. The molecular formula is C49H54N8O6. The van der Waals surface area contributed by atoms with Crippen LogP contribution >= 0.6 is 0 Å². The molecule has 0 saturated carbocycles. The standard InChI is InChI=1S/C49H54N8O6/c1-6-55(49(61)63-5)43(33-12-8-7-9-13-33)47(59)57-25-11-15-41(57)45-50-28-38(52-45)32-18-16-31(17-19-32)34-20-21-36-27-37(23-22-35(36)26-34)39-29-51-44(53-39)40-14-10-24-56(40)46(58)42(30(2)3)54-48(60)62-4/h7-9,12-13,16-23,26-30,40-43H,6,10-11,14-15,24-25H2,1-5H3,(H,50,52)(H,51,53)(H,54,60)/t40-,41-,42?,43+/m0/s1. The summed E-state index contributed by atoms with van der Waals surface area (Å²) < 4.78 is 9.85. The third-order valence-corrected chi connectivity index (χ3v) is 12.4. The maximum atomic E-state index is 14.3. The third kappa shape index (κ3) is 8.75. The van der Waals surface area contributed by atoms with Gasteiger partial charge in [-0.1, -0.05) is 92.7 Å². The minimum atomic E-state index is -0.815. The molecule has 4 heterocycles. The van der Waals surface area contributed by atoms with Crippen LogP contribution < -0.4 is 5.32 Å². The van der Waals surface area contributed by atoms with Crippen molar-refractivity contribution in [3.05, 3.63) is 121 Å². The lowest BCUT2D eigenvalue weighted by molar-refractivity contribution is -0.138. The Bertz CT molecular complexity index is 2590. The highest BCUT2D eigenvalue weighted by Crippen LogP contribution is 2.37. The number of aromatic amines is 2. The van der Waals surface area contributed by atoms with Crippen molar-refractivity contribution in [2.45, 2.75) is 70.6 Å². The molecule has 4 aromatic carbocycles. The Kier molecular flexibility index (Phi) is 12.6. The molecule has 2 fully saturated rings. The van der Waals surface area contributed by atoms with Crippen molar-refractivity contribution < 1.29 is 28.7 Å². The SMILES string of the molecule is CCN(C(=O)OC)[C@@H](C(=O)N1CCC[C@H]1c1ncc(-c2ccc(-c3ccc4cc(-c5cnc([C@@H]6CCCN6C(=O)C(NC(=O)OC)C(C)C)[nH]5)ccc4c3)cc2)[nH]1)c1ccccc1. The van der Waals surface area contributed by atoms with Crippen molar-refractivity contribution in [3.8, 4) is 33.6 Å². The molecule has 6 aromatic rings. The summed E-state index contributed by atoms with van der Waals surface area (Å²) in [6.45, 7) is 7.13. The minimum absolute atomic E-state index is 0.108. The molecule has 0 aliphatic carbocycles. The molecule has 1 unspecified atom stereocenters. The number of likely N-dealkylation sites (tertiary alicyclic amines) is 2. The lowest BCUT2D eigenvalue weighted by Gasteiger charge is -2.34. The van der Waals surface area contributed by atoms with Gasteiger partial charge in [0.25, 0.3) is 5.91 Å². The Labute approximate surface area is 367 Å². The molecule has 4 amide bonds. The van der Waals surface area contributed by atoms with Crippen LogP contribution in [0.15, 0.2) is 103 Å². The molecular weight excluding hydrogens is 797 g/mol. The number of H-pyrrole nitrogens is 2. The van der Waals surface area contributed by atoms with Gasteiger partial charge in [-0.3, -0.25) is 14.5 Å². The Morgan fingerprint density at radius 2 is 1.25 bits per heavy atom. The predicted molar refractivity (Wildman–Crippen MR) is 240 cm³/mol. The van der Waals surface area contributed by atoms with E-state index in [1.807, 2.05) is 73.3 Å². The summed E-state index contributed by atoms with van der Waals surface area (Å²) in [5.74, 6) is 1.04. The molecule has 0 radical (unpaired) electrons. The molecule has 14 heteroatoms. The van der Waals surface area contributed by atoms with Gasteiger partial charge in [0, 0.05) is 25.2 Å². The number of benzene rings is 4. The number of fused-ring (bicyclic) bond motifs is 1. The number of aromatic nitrogens is 4. The van der Waals surface area contributed by atoms with Gasteiger partial charge < -0.3 is 34.6 Å². The first-order chi connectivity index (χ1) is 30.6. The number of carbonyl (C=O) groups is 4. The molecule has 14 nitrogen and oxygen atoms in total. The molecule has 8 rings (SSSR count). The zero-order valence-corrected chi connectivity index (χ0v) is 36.3. The molecule has 2 saturated heterocycles. The van der Waals surface area contributed by atoms with Crippen molar-refractivity contribution in [1.29, 1.82) is 0 Å². The summed E-state index contributed by atoms with van der Waals surface area (Å²) in [7, 11) is 2.63. The topological polar surface area (TPSA) is 166 Å². The van der Waals surface area contributed by atoms with Gasteiger partial charge in [0.05, 0.1) is 50.1 Å². The Morgan fingerprint density at radius 1 is 0.714 bits per heavy atom. The minimum Gasteiger partial charge on any atom is -0.453 e. The van der Waals surface area contributed by atoms with Gasteiger partial charge in [0.2, 0.25) is 5.91 Å². The van der Waals surface area contributed by atoms with Crippen LogP contribution in [0.1, 0.15) is 81.8 Å². The van der Waals surface area contributed by atoms with E-state index in [0.29, 0.717) is 25.5 Å². The fraction of sp³-hybridized carbons (Fsp3) is 0.347. The number of imidazole rings is 2. The van der Waals surface area contributed by atoms with Gasteiger partial charge >= 0.3 is 12.2 Å². The number of alkyl carbamates (subject to hydrolysis) is 1. The number of hydrogen-bond acceptors (Lipinski definition) is 8. The van der Waals surface area contributed by atoms with E-state index in [4.69, 9.17) is 19.4 Å². The van der Waals surface area contributed by atoms with E-state index in [1.54, 1.807) is 0 Å². The molecule has 63 heavy (non-hydrogen) atoms. The molecule has 2 aromatic heterocycles. The van der Waals surface area contributed by atoms with Gasteiger partial charge in [-0.25, -0.2) is 19.6 Å². The van der Waals surface area contributed by atoms with E-state index in [0.717, 1.165) is 81.5 Å². The largest absolute Gasteiger partial charge is 0.453 e. The first-order valence-electron chi connectivity index (χ1n) is 21.7. The average Bonchev–Trinajstić information content (AvgIpc) is 4.17. The number of methoxy groups -OCH3 is 2. The second-order valence-electron chi connectivity index (χ2n) is 16.5. The van der Waals surface area contributed by atoms with Crippen molar-refractivity contribution >= 4 is 34.8 Å². The van der Waals surface area contributed by atoms with Gasteiger partial charge in [-0.2, -0.15) is 0 Å². The van der Waals surface area contributed by atoms with Crippen molar-refractivity contribution in [1.82, 2.24) is 40.0 Å². The molecule has 0 spiro atoms. The van der Waals surface area contributed by atoms with Crippen LogP contribution in [0.4, 0.5) is 9.59 Å². The second kappa shape index (κ2) is 18.6. The monoisotopic (exact) mass is 850 g/mol. The molecule has 326 valence electrons. The number of amides is 4. The Hall–Kier alpha value is -6.96. The number of carbonyl (C=O) groups excluding carboxylic acids is 4. The van der Waals surface area contributed by atoms with E-state index >= 15 is 0 Å². The highest BCUT2D eigenvalue weighted by atomic mass is 16.5. The van der Waals surface area contributed by atoms with E-state index in [1.165, 1.54) is 19.1 Å². The third-order valence-electron chi connectivity index (χ3n) is 12.4. The predicted octanol–water partition coefficient (Wildman–Crippen LogP) is 8.82. The van der Waals surface area contributed by atoms with Crippen LogP contribution in [0.5, 0.6) is 0 Å². The summed E-state index contributed by atoms with van der Waals surface area (Å²) in [4.78, 5) is 74.3. The summed E-state index contributed by atoms with van der Waals surface area (Å²) >= 11 is 0. The first kappa shape index (κ1) is 42.7. The van der Waals surface area contributed by atoms with Crippen molar-refractivity contribution in [2.24, 2.45) is 5.92 Å². The van der Waals surface area contributed by atoms with Crippen LogP contribution in [0.25, 0.3) is 44.4 Å². The van der Waals surface area contributed by atoms with Crippen molar-refractivity contribution in [3.63, 3.8) is 0 Å². The number of rotatable bonds is 12. The maximum Gasteiger partial charge on any atom is 0.410 e. The first-order valence-corrected chi connectivity index (χ1v) is 21.7. The molecule has 3 N–H and O–H groups in total. The average molecular weight is 851 g/mol. The second-order valence-corrected chi connectivity index (χ2v) is 16.5. The summed E-state index contributed by atoms with van der Waals surface area (Å²) in [5, 5.41) is 4.89. The molecule has 2 aliphatic rings.